The van der Waals surface area contributed by atoms with E-state index in [0.717, 1.165) is 24.3 Å². The van der Waals surface area contributed by atoms with Gasteiger partial charge >= 0.3 is 0 Å². The van der Waals surface area contributed by atoms with Crippen molar-refractivity contribution in [1.29, 1.82) is 0 Å². The summed E-state index contributed by atoms with van der Waals surface area (Å²) >= 11 is 2.63. The normalized spacial score (nSPS) is 10.5. The van der Waals surface area contributed by atoms with E-state index in [1.807, 2.05) is 6.07 Å². The van der Waals surface area contributed by atoms with E-state index in [2.05, 4.69) is 22.4 Å². The second kappa shape index (κ2) is 8.64. The Bertz CT molecular complexity index is 688. The molecule has 0 radical (unpaired) electrons. The number of nitrogens with zero attached hydrogens (tertiary/aromatic N) is 2. The van der Waals surface area contributed by atoms with Crippen LogP contribution in [0.25, 0.3) is 0 Å². The molecule has 0 spiro atoms. The lowest BCUT2D eigenvalue weighted by molar-refractivity contribution is -0.115. The maximum atomic E-state index is 12.4. The molecule has 2 amide bonds. The van der Waals surface area contributed by atoms with Crippen molar-refractivity contribution in [2.24, 2.45) is 5.73 Å². The Labute approximate surface area is 142 Å². The number of rotatable bonds is 8. The van der Waals surface area contributed by atoms with Crippen LogP contribution in [-0.2, 0) is 11.2 Å². The van der Waals surface area contributed by atoms with E-state index in [0.29, 0.717) is 15.6 Å². The van der Waals surface area contributed by atoms with Crippen molar-refractivity contribution < 1.29 is 9.59 Å². The van der Waals surface area contributed by atoms with Gasteiger partial charge in [0, 0.05) is 11.3 Å². The van der Waals surface area contributed by atoms with Crippen molar-refractivity contribution in [1.82, 2.24) is 10.2 Å². The molecule has 2 aromatic rings. The SMILES string of the molecule is CCCCc1nnc(NC(=O)c2ccccc2SCC(N)=O)s1. The average molecular weight is 350 g/mol. The van der Waals surface area contributed by atoms with Crippen LogP contribution >= 0.6 is 23.1 Å². The van der Waals surface area contributed by atoms with Crippen LogP contribution < -0.4 is 11.1 Å². The maximum Gasteiger partial charge on any atom is 0.258 e. The van der Waals surface area contributed by atoms with Crippen LogP contribution in [0.4, 0.5) is 5.13 Å². The molecule has 8 heteroatoms. The van der Waals surface area contributed by atoms with Crippen LogP contribution in [0.3, 0.4) is 0 Å². The Morgan fingerprint density at radius 3 is 2.83 bits per heavy atom. The minimum atomic E-state index is -0.421. The number of benzene rings is 1. The predicted octanol–water partition coefficient (Wildman–Crippen LogP) is 2.71. The predicted molar refractivity (Wildman–Crippen MR) is 92.8 cm³/mol. The van der Waals surface area contributed by atoms with E-state index in [-0.39, 0.29) is 11.7 Å². The van der Waals surface area contributed by atoms with Crippen LogP contribution in [0.1, 0.15) is 35.1 Å². The van der Waals surface area contributed by atoms with Crippen molar-refractivity contribution in [3.8, 4) is 0 Å². The lowest BCUT2D eigenvalue weighted by Crippen LogP contribution is -2.15. The number of aromatic nitrogens is 2. The van der Waals surface area contributed by atoms with Gasteiger partial charge in [-0.3, -0.25) is 14.9 Å². The summed E-state index contributed by atoms with van der Waals surface area (Å²) in [6, 6.07) is 7.08. The number of nitrogens with one attached hydrogen (secondary N) is 1. The fourth-order valence-electron chi connectivity index (χ4n) is 1.83. The molecule has 1 aromatic carbocycles. The van der Waals surface area contributed by atoms with Gasteiger partial charge in [-0.1, -0.05) is 36.8 Å². The van der Waals surface area contributed by atoms with Crippen LogP contribution in [0.2, 0.25) is 0 Å². The summed E-state index contributed by atoms with van der Waals surface area (Å²) in [5.74, 6) is -0.560. The highest BCUT2D eigenvalue weighted by atomic mass is 32.2. The number of aryl methyl sites for hydroxylation is 1. The lowest BCUT2D eigenvalue weighted by atomic mass is 10.2. The Morgan fingerprint density at radius 1 is 1.30 bits per heavy atom. The second-order valence-electron chi connectivity index (χ2n) is 4.81. The van der Waals surface area contributed by atoms with Crippen LogP contribution in [0.15, 0.2) is 29.2 Å². The molecule has 0 unspecified atom stereocenters. The minimum absolute atomic E-state index is 0.129. The van der Waals surface area contributed by atoms with Gasteiger partial charge in [0.15, 0.2) is 0 Å². The summed E-state index contributed by atoms with van der Waals surface area (Å²) in [6.07, 6.45) is 3.01. The second-order valence-corrected chi connectivity index (χ2v) is 6.89. The molecule has 1 heterocycles. The summed E-state index contributed by atoms with van der Waals surface area (Å²) in [7, 11) is 0. The third-order valence-electron chi connectivity index (χ3n) is 2.93. The third-order valence-corrected chi connectivity index (χ3v) is 4.93. The van der Waals surface area contributed by atoms with Crippen molar-refractivity contribution in [2.45, 2.75) is 31.1 Å². The highest BCUT2D eigenvalue weighted by molar-refractivity contribution is 8.00. The molecule has 3 N–H and O–H groups in total. The lowest BCUT2D eigenvalue weighted by Gasteiger charge is -2.07. The zero-order valence-corrected chi connectivity index (χ0v) is 14.4. The third kappa shape index (κ3) is 5.33. The fraction of sp³-hybridized carbons (Fsp3) is 0.333. The molecule has 0 aliphatic carbocycles. The van der Waals surface area contributed by atoms with Gasteiger partial charge < -0.3 is 5.73 Å². The van der Waals surface area contributed by atoms with Crippen molar-refractivity contribution in [3.63, 3.8) is 0 Å². The molecular weight excluding hydrogens is 332 g/mol. The summed E-state index contributed by atoms with van der Waals surface area (Å²) < 4.78 is 0. The quantitative estimate of drug-likeness (QED) is 0.713. The van der Waals surface area contributed by atoms with Crippen LogP contribution in [0.5, 0.6) is 0 Å². The van der Waals surface area contributed by atoms with E-state index in [1.54, 1.807) is 18.2 Å². The average Bonchev–Trinajstić information content (AvgIpc) is 2.98. The molecule has 2 rings (SSSR count). The van der Waals surface area contributed by atoms with Gasteiger partial charge in [-0.25, -0.2) is 0 Å². The van der Waals surface area contributed by atoms with E-state index in [4.69, 9.17) is 5.73 Å². The smallest absolute Gasteiger partial charge is 0.258 e. The van der Waals surface area contributed by atoms with Gasteiger partial charge in [0.1, 0.15) is 5.01 Å². The largest absolute Gasteiger partial charge is 0.369 e. The number of primary amides is 1. The van der Waals surface area contributed by atoms with E-state index in [1.165, 1.54) is 23.1 Å². The molecule has 0 atom stereocenters. The van der Waals surface area contributed by atoms with E-state index < -0.39 is 5.91 Å². The molecule has 0 saturated carbocycles. The van der Waals surface area contributed by atoms with Gasteiger partial charge in [0.05, 0.1) is 11.3 Å². The number of carbonyl (C=O) groups is 2. The number of thioether (sulfide) groups is 1. The molecule has 0 saturated heterocycles. The van der Waals surface area contributed by atoms with Crippen LogP contribution in [0, 0.1) is 0 Å². The molecule has 1 aromatic heterocycles. The minimum Gasteiger partial charge on any atom is -0.369 e. The van der Waals surface area contributed by atoms with Gasteiger partial charge in [-0.05, 0) is 18.6 Å². The summed E-state index contributed by atoms with van der Waals surface area (Å²) in [5.41, 5.74) is 5.65. The highest BCUT2D eigenvalue weighted by Crippen LogP contribution is 2.24. The maximum absolute atomic E-state index is 12.4. The number of carbonyl (C=O) groups excluding carboxylic acids is 2. The fourth-order valence-corrected chi connectivity index (χ4v) is 3.39. The van der Waals surface area contributed by atoms with Gasteiger partial charge in [0.25, 0.3) is 5.91 Å². The Kier molecular flexibility index (Phi) is 6.54. The first kappa shape index (κ1) is 17.4. The Hall–Kier alpha value is -1.93. The number of amides is 2. The summed E-state index contributed by atoms with van der Waals surface area (Å²) in [4.78, 5) is 24.0. The monoisotopic (exact) mass is 350 g/mol. The summed E-state index contributed by atoms with van der Waals surface area (Å²) in [5, 5.41) is 12.2. The number of nitrogens with two attached hydrogens (primary N) is 1. The molecule has 0 aliphatic rings. The number of anilines is 1. The Morgan fingerprint density at radius 2 is 2.09 bits per heavy atom. The first-order valence-corrected chi connectivity index (χ1v) is 9.04. The van der Waals surface area contributed by atoms with Gasteiger partial charge in [-0.15, -0.1) is 22.0 Å². The standard InChI is InChI=1S/C15H18N4O2S2/c1-2-3-8-13-18-19-15(23-13)17-14(21)10-6-4-5-7-11(10)22-9-12(16)20/h4-7H,2-3,8-9H2,1H3,(H2,16,20)(H,17,19,21). The molecule has 6 nitrogen and oxygen atoms in total. The number of hydrogen-bond donors (Lipinski definition) is 2. The van der Waals surface area contributed by atoms with E-state index >= 15 is 0 Å². The van der Waals surface area contributed by atoms with Gasteiger partial charge in [0.2, 0.25) is 11.0 Å². The van der Waals surface area contributed by atoms with E-state index in [9.17, 15) is 9.59 Å². The van der Waals surface area contributed by atoms with Gasteiger partial charge in [-0.2, -0.15) is 0 Å². The van der Waals surface area contributed by atoms with Crippen molar-refractivity contribution >= 4 is 40.0 Å². The number of unbranched alkanes of at least 4 members (excludes halogenated alkanes) is 1. The first-order chi connectivity index (χ1) is 11.1. The molecule has 0 bridgehead atoms. The zero-order chi connectivity index (χ0) is 16.7. The number of hydrogen-bond acceptors (Lipinski definition) is 6. The summed E-state index contributed by atoms with van der Waals surface area (Å²) in [6.45, 7) is 2.12. The van der Waals surface area contributed by atoms with Crippen molar-refractivity contribution in [2.75, 3.05) is 11.1 Å². The highest BCUT2D eigenvalue weighted by Gasteiger charge is 2.14. The topological polar surface area (TPSA) is 98.0 Å². The van der Waals surface area contributed by atoms with Crippen LogP contribution in [-0.4, -0.2) is 27.8 Å². The molecule has 0 aliphatic heterocycles. The molecule has 0 fully saturated rings. The van der Waals surface area contributed by atoms with Crippen molar-refractivity contribution in [3.05, 3.63) is 34.8 Å². The molecule has 122 valence electrons. The molecule has 23 heavy (non-hydrogen) atoms. The molecular formula is C15H18N4O2S2. The zero-order valence-electron chi connectivity index (χ0n) is 12.7. The Balaban J connectivity index is 2.05. The first-order valence-electron chi connectivity index (χ1n) is 7.24.